The molecular formula is C47H94N2O6P+. The molecule has 1 amide bonds. The Hall–Kier alpha value is -1.02. The first-order chi connectivity index (χ1) is 27.0. The van der Waals surface area contributed by atoms with E-state index >= 15 is 0 Å². The molecule has 0 saturated carbocycles. The molecule has 0 aliphatic carbocycles. The summed E-state index contributed by atoms with van der Waals surface area (Å²) < 4.78 is 23.4. The molecule has 0 aromatic rings. The fraction of sp³-hybridized carbons (Fsp3) is 0.894. The standard InChI is InChI=1S/C47H93N2O6P/c1-6-8-10-12-14-15-16-17-18-19-20-21-22-23-24-25-26-27-28-29-30-31-32-33-35-37-39-41-47(51)48-45(46(50)40-38-36-34-13-11-9-7-2)44-55-56(52,53)54-43-42-49(3,4)5/h19-20,38,40,45-46,50H,6-18,21-37,39,41-44H2,1-5H3,(H-,48,51,52,53)/p+1/b20-19-,40-38+. The number of phosphoric ester groups is 1. The number of aliphatic hydroxyl groups is 1. The van der Waals surface area contributed by atoms with Gasteiger partial charge in [0.1, 0.15) is 13.2 Å². The van der Waals surface area contributed by atoms with Gasteiger partial charge in [-0.3, -0.25) is 13.8 Å². The Bertz CT molecular complexity index is 969. The number of quaternary nitrogens is 1. The minimum atomic E-state index is -4.32. The number of carbonyl (C=O) groups excluding carboxylic acids is 1. The third-order valence-corrected chi connectivity index (χ3v) is 11.6. The number of rotatable bonds is 43. The van der Waals surface area contributed by atoms with Crippen LogP contribution in [-0.4, -0.2) is 73.4 Å². The molecule has 0 bridgehead atoms. The molecule has 0 spiro atoms. The quantitative estimate of drug-likeness (QED) is 0.0245. The molecule has 56 heavy (non-hydrogen) atoms. The van der Waals surface area contributed by atoms with Crippen molar-refractivity contribution < 1.29 is 32.9 Å². The Labute approximate surface area is 347 Å². The molecular weight excluding hydrogens is 719 g/mol. The number of allylic oxidation sites excluding steroid dienone is 3. The molecule has 332 valence electrons. The Morgan fingerprint density at radius 1 is 0.589 bits per heavy atom. The van der Waals surface area contributed by atoms with Crippen molar-refractivity contribution >= 4 is 13.7 Å². The molecule has 9 heteroatoms. The highest BCUT2D eigenvalue weighted by molar-refractivity contribution is 7.47. The topological polar surface area (TPSA) is 105 Å². The Morgan fingerprint density at radius 2 is 0.964 bits per heavy atom. The van der Waals surface area contributed by atoms with Crippen molar-refractivity contribution in [2.24, 2.45) is 0 Å². The SMILES string of the molecule is CCCCCCC/C=C/C(O)C(COP(=O)(O)OCC[N+](C)(C)C)NC(=O)CCCCCCCCCCCCCCCCC/C=C\CCCCCCCCCC. The van der Waals surface area contributed by atoms with Gasteiger partial charge in [0.15, 0.2) is 0 Å². The van der Waals surface area contributed by atoms with Crippen LogP contribution >= 0.6 is 7.82 Å². The number of phosphoric acid groups is 1. The molecule has 0 rings (SSSR count). The van der Waals surface area contributed by atoms with Gasteiger partial charge in [-0.2, -0.15) is 0 Å². The lowest BCUT2D eigenvalue weighted by Crippen LogP contribution is -2.45. The molecule has 0 aliphatic heterocycles. The number of carbonyl (C=O) groups is 1. The summed E-state index contributed by atoms with van der Waals surface area (Å²) in [5, 5.41) is 13.7. The van der Waals surface area contributed by atoms with Crippen LogP contribution in [0, 0.1) is 0 Å². The highest BCUT2D eigenvalue weighted by atomic mass is 31.2. The summed E-state index contributed by atoms with van der Waals surface area (Å²) in [4.78, 5) is 23.0. The maximum atomic E-state index is 12.8. The van der Waals surface area contributed by atoms with Crippen molar-refractivity contribution in [1.29, 1.82) is 0 Å². The Morgan fingerprint density at radius 3 is 1.38 bits per heavy atom. The molecule has 0 radical (unpaired) electrons. The Balaban J connectivity index is 4.00. The van der Waals surface area contributed by atoms with Gasteiger partial charge in [0, 0.05) is 6.42 Å². The average Bonchev–Trinajstić information content (AvgIpc) is 3.15. The monoisotopic (exact) mass is 814 g/mol. The van der Waals surface area contributed by atoms with Gasteiger partial charge in [-0.25, -0.2) is 4.57 Å². The van der Waals surface area contributed by atoms with Gasteiger partial charge in [0.05, 0.1) is 39.9 Å². The van der Waals surface area contributed by atoms with E-state index in [4.69, 9.17) is 9.05 Å². The van der Waals surface area contributed by atoms with Crippen molar-refractivity contribution in [3.63, 3.8) is 0 Å². The van der Waals surface area contributed by atoms with Crippen molar-refractivity contribution in [2.75, 3.05) is 40.9 Å². The molecule has 8 nitrogen and oxygen atoms in total. The number of hydrogen-bond acceptors (Lipinski definition) is 5. The highest BCUT2D eigenvalue weighted by Gasteiger charge is 2.27. The highest BCUT2D eigenvalue weighted by Crippen LogP contribution is 2.43. The van der Waals surface area contributed by atoms with Gasteiger partial charge in [-0.05, 0) is 44.9 Å². The summed E-state index contributed by atoms with van der Waals surface area (Å²) in [7, 11) is 1.57. The predicted octanol–water partition coefficient (Wildman–Crippen LogP) is 13.3. The second-order valence-electron chi connectivity index (χ2n) is 17.5. The molecule has 0 fully saturated rings. The van der Waals surface area contributed by atoms with E-state index in [1.165, 1.54) is 161 Å². The fourth-order valence-electron chi connectivity index (χ4n) is 6.86. The minimum Gasteiger partial charge on any atom is -0.387 e. The van der Waals surface area contributed by atoms with Crippen molar-refractivity contribution in [2.45, 2.75) is 231 Å². The molecule has 3 atom stereocenters. The molecule has 3 N–H and O–H groups in total. The average molecular weight is 814 g/mol. The van der Waals surface area contributed by atoms with Gasteiger partial charge < -0.3 is 19.8 Å². The zero-order valence-electron chi connectivity index (χ0n) is 37.6. The van der Waals surface area contributed by atoms with Gasteiger partial charge in [0.2, 0.25) is 5.91 Å². The molecule has 0 saturated heterocycles. The van der Waals surface area contributed by atoms with E-state index in [2.05, 4.69) is 31.3 Å². The molecule has 0 aromatic heterocycles. The van der Waals surface area contributed by atoms with Crippen LogP contribution < -0.4 is 5.32 Å². The molecule has 3 unspecified atom stereocenters. The van der Waals surface area contributed by atoms with E-state index in [0.29, 0.717) is 17.4 Å². The van der Waals surface area contributed by atoms with E-state index in [1.807, 2.05) is 27.2 Å². The van der Waals surface area contributed by atoms with Crippen LogP contribution in [0.25, 0.3) is 0 Å². The van der Waals surface area contributed by atoms with E-state index in [1.54, 1.807) is 6.08 Å². The van der Waals surface area contributed by atoms with E-state index in [0.717, 1.165) is 38.5 Å². The molecule has 0 aromatic carbocycles. The lowest BCUT2D eigenvalue weighted by Gasteiger charge is -2.25. The number of amides is 1. The largest absolute Gasteiger partial charge is 0.472 e. The third kappa shape index (κ3) is 41.2. The Kier molecular flexibility index (Phi) is 38.7. The summed E-state index contributed by atoms with van der Waals surface area (Å²) >= 11 is 0. The van der Waals surface area contributed by atoms with Gasteiger partial charge >= 0.3 is 7.82 Å². The van der Waals surface area contributed by atoms with Crippen molar-refractivity contribution in [1.82, 2.24) is 5.32 Å². The molecule has 0 aliphatic rings. The zero-order chi connectivity index (χ0) is 41.4. The van der Waals surface area contributed by atoms with Crippen molar-refractivity contribution in [3.05, 3.63) is 24.3 Å². The first kappa shape index (κ1) is 55.0. The number of nitrogens with zero attached hydrogens (tertiary/aromatic N) is 1. The van der Waals surface area contributed by atoms with Crippen LogP contribution in [0.5, 0.6) is 0 Å². The maximum absolute atomic E-state index is 12.8. The smallest absolute Gasteiger partial charge is 0.387 e. The normalized spacial score (nSPS) is 14.5. The number of likely N-dealkylation sites (N-methyl/N-ethyl adjacent to an activating group) is 1. The second-order valence-corrected chi connectivity index (χ2v) is 18.9. The fourth-order valence-corrected chi connectivity index (χ4v) is 7.60. The van der Waals surface area contributed by atoms with Crippen LogP contribution in [0.3, 0.4) is 0 Å². The predicted molar refractivity (Wildman–Crippen MR) is 240 cm³/mol. The zero-order valence-corrected chi connectivity index (χ0v) is 38.5. The minimum absolute atomic E-state index is 0.0625. The first-order valence-corrected chi connectivity index (χ1v) is 25.2. The number of unbranched alkanes of at least 4 members (excludes halogenated alkanes) is 28. The van der Waals surface area contributed by atoms with E-state index in [-0.39, 0.29) is 19.1 Å². The molecule has 0 heterocycles. The number of hydrogen-bond donors (Lipinski definition) is 3. The van der Waals surface area contributed by atoms with Crippen LogP contribution in [-0.2, 0) is 18.4 Å². The number of nitrogens with one attached hydrogen (secondary N) is 1. The van der Waals surface area contributed by atoms with Crippen LogP contribution in [0.4, 0.5) is 0 Å². The van der Waals surface area contributed by atoms with Gasteiger partial charge in [-0.15, -0.1) is 0 Å². The number of aliphatic hydroxyl groups excluding tert-OH is 1. The lowest BCUT2D eigenvalue weighted by atomic mass is 10.0. The van der Waals surface area contributed by atoms with Crippen molar-refractivity contribution in [3.8, 4) is 0 Å². The summed E-state index contributed by atoms with van der Waals surface area (Å²) in [6, 6.07) is -0.840. The van der Waals surface area contributed by atoms with Crippen LogP contribution in [0.15, 0.2) is 24.3 Å². The van der Waals surface area contributed by atoms with Gasteiger partial charge in [0.25, 0.3) is 0 Å². The summed E-state index contributed by atoms with van der Waals surface area (Å²) in [5.74, 6) is -0.180. The van der Waals surface area contributed by atoms with E-state index in [9.17, 15) is 19.4 Å². The first-order valence-electron chi connectivity index (χ1n) is 23.7. The van der Waals surface area contributed by atoms with Crippen LogP contribution in [0.1, 0.15) is 219 Å². The van der Waals surface area contributed by atoms with E-state index < -0.39 is 20.0 Å². The van der Waals surface area contributed by atoms with Crippen LogP contribution in [0.2, 0.25) is 0 Å². The third-order valence-electron chi connectivity index (χ3n) is 10.7. The second kappa shape index (κ2) is 39.4. The van der Waals surface area contributed by atoms with Gasteiger partial charge in [-0.1, -0.05) is 192 Å². The summed E-state index contributed by atoms with van der Waals surface area (Å²) in [6.45, 7) is 4.76. The maximum Gasteiger partial charge on any atom is 0.472 e. The summed E-state index contributed by atoms with van der Waals surface area (Å²) in [5.41, 5.74) is 0. The summed E-state index contributed by atoms with van der Waals surface area (Å²) in [6.07, 6.45) is 47.2. The lowest BCUT2D eigenvalue weighted by molar-refractivity contribution is -0.870.